The predicted octanol–water partition coefficient (Wildman–Crippen LogP) is 5.28. The van der Waals surface area contributed by atoms with Gasteiger partial charge in [0, 0.05) is 36.3 Å². The smallest absolute Gasteiger partial charge is 0.248 e. The summed E-state index contributed by atoms with van der Waals surface area (Å²) in [5.74, 6) is 0.171. The van der Waals surface area contributed by atoms with Crippen LogP contribution in [0.3, 0.4) is 0 Å². The zero-order valence-corrected chi connectivity index (χ0v) is 18.8. The number of carbonyl (C=O) groups is 1. The fourth-order valence-electron chi connectivity index (χ4n) is 3.49. The molecule has 1 aliphatic rings. The number of nitrogens with zero attached hydrogens (tertiary/aromatic N) is 3. The molecule has 1 amide bonds. The molecule has 0 spiro atoms. The van der Waals surface area contributed by atoms with Gasteiger partial charge in [-0.1, -0.05) is 23.8 Å². The summed E-state index contributed by atoms with van der Waals surface area (Å²) in [7, 11) is 1.52. The van der Waals surface area contributed by atoms with Crippen molar-refractivity contribution in [3.8, 4) is 5.75 Å². The number of nitrogens with one attached hydrogen (secondary N) is 2. The third-order valence-corrected chi connectivity index (χ3v) is 5.43. The van der Waals surface area contributed by atoms with Crippen molar-refractivity contribution in [2.75, 3.05) is 30.8 Å². The van der Waals surface area contributed by atoms with E-state index < -0.39 is 5.82 Å². The maximum atomic E-state index is 13.5. The number of anilines is 3. The Balaban J connectivity index is 1.56. The number of rotatable bonds is 7. The first-order valence-electron chi connectivity index (χ1n) is 10.5. The molecule has 9 heteroatoms. The fraction of sp³-hybridized carbons (Fsp3) is 0.208. The van der Waals surface area contributed by atoms with Gasteiger partial charge < -0.3 is 20.3 Å². The lowest BCUT2D eigenvalue weighted by Crippen LogP contribution is -2.21. The SMILES string of the molecule is COc1cc2ncnc(Nc3ccc(F)c(Cl)c3)c2cc1NC(=O)C=CCN1C=CCCC1. The molecule has 1 aliphatic heterocycles. The number of ether oxygens (including phenoxy) is 1. The van der Waals surface area contributed by atoms with E-state index >= 15 is 0 Å². The number of methoxy groups -OCH3 is 1. The molecule has 4 rings (SSSR count). The van der Waals surface area contributed by atoms with Gasteiger partial charge in [0.25, 0.3) is 0 Å². The average molecular weight is 468 g/mol. The van der Waals surface area contributed by atoms with E-state index in [1.54, 1.807) is 18.2 Å². The third kappa shape index (κ3) is 5.59. The summed E-state index contributed by atoms with van der Waals surface area (Å²) < 4.78 is 18.9. The second kappa shape index (κ2) is 10.3. The van der Waals surface area contributed by atoms with E-state index in [-0.39, 0.29) is 10.9 Å². The Morgan fingerprint density at radius 3 is 2.94 bits per heavy atom. The molecule has 2 N–H and O–H groups in total. The van der Waals surface area contributed by atoms with Crippen molar-refractivity contribution >= 4 is 45.6 Å². The summed E-state index contributed by atoms with van der Waals surface area (Å²) in [6, 6.07) is 7.76. The summed E-state index contributed by atoms with van der Waals surface area (Å²) >= 11 is 5.89. The largest absolute Gasteiger partial charge is 0.494 e. The van der Waals surface area contributed by atoms with Crippen molar-refractivity contribution in [2.45, 2.75) is 12.8 Å². The van der Waals surface area contributed by atoms with Crippen molar-refractivity contribution < 1.29 is 13.9 Å². The van der Waals surface area contributed by atoms with Crippen molar-refractivity contribution in [3.05, 3.63) is 71.9 Å². The van der Waals surface area contributed by atoms with Crippen LogP contribution in [0.15, 0.2) is 61.1 Å². The van der Waals surface area contributed by atoms with E-state index in [9.17, 15) is 9.18 Å². The monoisotopic (exact) mass is 467 g/mol. The van der Waals surface area contributed by atoms with Crippen LogP contribution in [0.25, 0.3) is 10.9 Å². The highest BCUT2D eigenvalue weighted by molar-refractivity contribution is 6.31. The second-order valence-electron chi connectivity index (χ2n) is 7.46. The lowest BCUT2D eigenvalue weighted by atomic mass is 10.1. The average Bonchev–Trinajstić information content (AvgIpc) is 2.82. The number of fused-ring (bicyclic) bond motifs is 1. The molecule has 0 unspecified atom stereocenters. The maximum Gasteiger partial charge on any atom is 0.248 e. The minimum atomic E-state index is -0.506. The first-order valence-corrected chi connectivity index (χ1v) is 10.8. The van der Waals surface area contributed by atoms with Gasteiger partial charge in [0.15, 0.2) is 0 Å². The van der Waals surface area contributed by atoms with Gasteiger partial charge in [0.2, 0.25) is 5.91 Å². The van der Waals surface area contributed by atoms with Crippen LogP contribution in [0, 0.1) is 5.82 Å². The zero-order valence-electron chi connectivity index (χ0n) is 18.0. The molecule has 0 aliphatic carbocycles. The van der Waals surface area contributed by atoms with E-state index in [4.69, 9.17) is 16.3 Å². The normalized spacial score (nSPS) is 13.5. The number of carbonyl (C=O) groups excluding carboxylic acids is 1. The number of benzene rings is 2. The Bertz CT molecular complexity index is 1230. The van der Waals surface area contributed by atoms with Crippen LogP contribution < -0.4 is 15.4 Å². The highest BCUT2D eigenvalue weighted by Gasteiger charge is 2.13. The number of aromatic nitrogens is 2. The molecular weight excluding hydrogens is 445 g/mol. The Kier molecular flexibility index (Phi) is 7.04. The number of hydrogen-bond donors (Lipinski definition) is 2. The molecular formula is C24H23ClFN5O2. The molecule has 170 valence electrons. The van der Waals surface area contributed by atoms with Gasteiger partial charge in [0.1, 0.15) is 23.7 Å². The highest BCUT2D eigenvalue weighted by atomic mass is 35.5. The Labute approximate surface area is 195 Å². The van der Waals surface area contributed by atoms with Crippen LogP contribution in [-0.2, 0) is 4.79 Å². The molecule has 7 nitrogen and oxygen atoms in total. The van der Waals surface area contributed by atoms with E-state index in [1.165, 1.54) is 31.6 Å². The molecule has 0 radical (unpaired) electrons. The fourth-order valence-corrected chi connectivity index (χ4v) is 3.67. The summed E-state index contributed by atoms with van der Waals surface area (Å²) in [6.07, 6.45) is 11.1. The minimum Gasteiger partial charge on any atom is -0.494 e. The molecule has 33 heavy (non-hydrogen) atoms. The maximum absolute atomic E-state index is 13.5. The predicted molar refractivity (Wildman–Crippen MR) is 128 cm³/mol. The van der Waals surface area contributed by atoms with Crippen molar-refractivity contribution in [1.29, 1.82) is 0 Å². The lowest BCUT2D eigenvalue weighted by molar-refractivity contribution is -0.111. The van der Waals surface area contributed by atoms with Crippen LogP contribution in [-0.4, -0.2) is 41.0 Å². The van der Waals surface area contributed by atoms with Gasteiger partial charge in [-0.25, -0.2) is 14.4 Å². The Hall–Kier alpha value is -3.65. The van der Waals surface area contributed by atoms with Gasteiger partial charge in [0.05, 0.1) is 23.3 Å². The molecule has 0 saturated carbocycles. The van der Waals surface area contributed by atoms with Crippen LogP contribution in [0.1, 0.15) is 12.8 Å². The quantitative estimate of drug-likeness (QED) is 0.460. The Morgan fingerprint density at radius 2 is 2.18 bits per heavy atom. The molecule has 0 atom stereocenters. The first kappa shape index (κ1) is 22.5. The van der Waals surface area contributed by atoms with Crippen molar-refractivity contribution in [1.82, 2.24) is 14.9 Å². The topological polar surface area (TPSA) is 79.4 Å². The van der Waals surface area contributed by atoms with Gasteiger partial charge in [-0.3, -0.25) is 4.79 Å². The van der Waals surface area contributed by atoms with Gasteiger partial charge in [-0.15, -0.1) is 0 Å². The van der Waals surface area contributed by atoms with Crippen LogP contribution in [0.5, 0.6) is 5.75 Å². The highest BCUT2D eigenvalue weighted by Crippen LogP contribution is 2.33. The zero-order chi connectivity index (χ0) is 23.2. The standard InChI is InChI=1S/C24H23ClFN5O2/c1-33-22-14-20-17(24(28-15-27-20)29-16-7-8-19(26)18(25)12-16)13-21(22)30-23(32)6-5-11-31-9-3-2-4-10-31/h3,5-9,12-15H,2,4,10-11H2,1H3,(H,30,32)(H,27,28,29). The molecule has 2 heterocycles. The van der Waals surface area contributed by atoms with Gasteiger partial charge >= 0.3 is 0 Å². The Morgan fingerprint density at radius 1 is 1.30 bits per heavy atom. The molecule has 2 aromatic carbocycles. The number of amides is 1. The summed E-state index contributed by atoms with van der Waals surface area (Å²) in [6.45, 7) is 1.65. The van der Waals surface area contributed by atoms with E-state index in [1.807, 2.05) is 6.08 Å². The van der Waals surface area contributed by atoms with Gasteiger partial charge in [-0.2, -0.15) is 0 Å². The molecule has 0 saturated heterocycles. The second-order valence-corrected chi connectivity index (χ2v) is 7.87. The van der Waals surface area contributed by atoms with Crippen LogP contribution >= 0.6 is 11.6 Å². The summed E-state index contributed by atoms with van der Waals surface area (Å²) in [5.41, 5.74) is 1.66. The van der Waals surface area contributed by atoms with E-state index in [0.717, 1.165) is 19.4 Å². The van der Waals surface area contributed by atoms with E-state index in [0.29, 0.717) is 40.4 Å². The number of allylic oxidation sites excluding steroid dienone is 1. The minimum absolute atomic E-state index is 0.000172. The molecule has 0 fully saturated rings. The van der Waals surface area contributed by atoms with E-state index in [2.05, 4.69) is 37.8 Å². The summed E-state index contributed by atoms with van der Waals surface area (Å²) in [4.78, 5) is 23.3. The molecule has 1 aromatic heterocycles. The number of halogens is 2. The molecule has 0 bridgehead atoms. The van der Waals surface area contributed by atoms with Crippen molar-refractivity contribution in [2.24, 2.45) is 0 Å². The van der Waals surface area contributed by atoms with Crippen LogP contribution in [0.2, 0.25) is 5.02 Å². The van der Waals surface area contributed by atoms with Gasteiger partial charge in [-0.05, 0) is 43.3 Å². The summed E-state index contributed by atoms with van der Waals surface area (Å²) in [5, 5.41) is 6.63. The van der Waals surface area contributed by atoms with Crippen LogP contribution in [0.4, 0.5) is 21.6 Å². The first-order chi connectivity index (χ1) is 16.0. The lowest BCUT2D eigenvalue weighted by Gasteiger charge is -2.21. The third-order valence-electron chi connectivity index (χ3n) is 5.14. The van der Waals surface area contributed by atoms with Crippen molar-refractivity contribution in [3.63, 3.8) is 0 Å². The molecule has 3 aromatic rings. The number of hydrogen-bond acceptors (Lipinski definition) is 6.